The van der Waals surface area contributed by atoms with Gasteiger partial charge in [-0.05, 0) is 50.3 Å². The molecule has 1 aromatic rings. The number of ether oxygens (including phenoxy) is 1. The lowest BCUT2D eigenvalue weighted by atomic mass is 9.72. The molecule has 1 aromatic carbocycles. The van der Waals surface area contributed by atoms with Gasteiger partial charge in [-0.1, -0.05) is 6.07 Å². The first-order valence-corrected chi connectivity index (χ1v) is 6.78. The van der Waals surface area contributed by atoms with Gasteiger partial charge in [0, 0.05) is 5.92 Å². The first-order chi connectivity index (χ1) is 9.41. The molecule has 2 rings (SSSR count). The molecular formula is C16H20O4. The number of phenols is 1. The van der Waals surface area contributed by atoms with Crippen LogP contribution in [-0.2, 0) is 9.53 Å². The summed E-state index contributed by atoms with van der Waals surface area (Å²) in [7, 11) is 1.39. The topological polar surface area (TPSA) is 63.6 Å². The predicted molar refractivity (Wildman–Crippen MR) is 74.8 cm³/mol. The van der Waals surface area contributed by atoms with Gasteiger partial charge in [0.2, 0.25) is 0 Å². The summed E-state index contributed by atoms with van der Waals surface area (Å²) in [5.74, 6) is 0.115. The Morgan fingerprint density at radius 1 is 1.45 bits per heavy atom. The highest BCUT2D eigenvalue weighted by atomic mass is 16.5. The Bertz CT molecular complexity index is 529. The van der Waals surface area contributed by atoms with Gasteiger partial charge in [-0.15, -0.1) is 0 Å². The van der Waals surface area contributed by atoms with Crippen molar-refractivity contribution in [3.05, 3.63) is 29.3 Å². The van der Waals surface area contributed by atoms with Crippen molar-refractivity contribution in [1.29, 1.82) is 0 Å². The van der Waals surface area contributed by atoms with E-state index in [0.29, 0.717) is 12.2 Å². The normalized spacial score (nSPS) is 16.6. The van der Waals surface area contributed by atoms with E-state index in [4.69, 9.17) is 4.74 Å². The van der Waals surface area contributed by atoms with E-state index in [1.54, 1.807) is 12.1 Å². The van der Waals surface area contributed by atoms with Crippen LogP contribution in [0.25, 0.3) is 0 Å². The van der Waals surface area contributed by atoms with E-state index in [9.17, 15) is 14.7 Å². The third-order valence-corrected chi connectivity index (χ3v) is 4.12. The molecule has 0 spiro atoms. The first-order valence-electron chi connectivity index (χ1n) is 6.78. The second-order valence-electron chi connectivity index (χ2n) is 5.96. The lowest BCUT2D eigenvalue weighted by Gasteiger charge is -2.32. The van der Waals surface area contributed by atoms with Gasteiger partial charge in [0.1, 0.15) is 5.75 Å². The largest absolute Gasteiger partial charge is 0.507 e. The minimum Gasteiger partial charge on any atom is -0.507 e. The van der Waals surface area contributed by atoms with Crippen molar-refractivity contribution in [2.45, 2.75) is 32.6 Å². The Labute approximate surface area is 118 Å². The molecule has 0 saturated heterocycles. The summed E-state index contributed by atoms with van der Waals surface area (Å²) in [5, 5.41) is 9.86. The number of hydrogen-bond donors (Lipinski definition) is 1. The molecule has 0 heterocycles. The maximum Gasteiger partial charge on any atom is 0.311 e. The number of methoxy groups -OCH3 is 1. The molecule has 20 heavy (non-hydrogen) atoms. The Hall–Kier alpha value is -1.84. The molecule has 4 heteroatoms. The third-order valence-electron chi connectivity index (χ3n) is 4.12. The van der Waals surface area contributed by atoms with Crippen LogP contribution in [0.15, 0.2) is 18.2 Å². The van der Waals surface area contributed by atoms with Crippen molar-refractivity contribution in [3.63, 3.8) is 0 Å². The van der Waals surface area contributed by atoms with E-state index in [2.05, 4.69) is 0 Å². The Kier molecular flexibility index (Phi) is 3.84. The Morgan fingerprint density at radius 2 is 2.10 bits per heavy atom. The molecule has 1 aliphatic carbocycles. The van der Waals surface area contributed by atoms with Crippen molar-refractivity contribution in [3.8, 4) is 5.75 Å². The van der Waals surface area contributed by atoms with E-state index < -0.39 is 5.41 Å². The summed E-state index contributed by atoms with van der Waals surface area (Å²) in [5.41, 5.74) is 0.482. The van der Waals surface area contributed by atoms with E-state index in [1.165, 1.54) is 7.11 Å². The first kappa shape index (κ1) is 14.6. The molecule has 4 nitrogen and oxygen atoms in total. The van der Waals surface area contributed by atoms with Crippen LogP contribution in [0.5, 0.6) is 5.75 Å². The molecule has 0 radical (unpaired) electrons. The standard InChI is InChI=1S/C16H20O4/c1-16(2,15(19)20-3)14(10-4-5-10)11-6-7-12(9-17)13(18)8-11/h6-10,14,18H,4-5H2,1-3H3. The van der Waals surface area contributed by atoms with Gasteiger partial charge in [0.15, 0.2) is 6.29 Å². The fourth-order valence-electron chi connectivity index (χ4n) is 2.95. The number of esters is 1. The second kappa shape index (κ2) is 5.27. The number of rotatable bonds is 5. The monoisotopic (exact) mass is 276 g/mol. The predicted octanol–water partition coefficient (Wildman–Crippen LogP) is 2.90. The number of benzene rings is 1. The van der Waals surface area contributed by atoms with Gasteiger partial charge < -0.3 is 9.84 Å². The lowest BCUT2D eigenvalue weighted by Crippen LogP contribution is -2.33. The van der Waals surface area contributed by atoms with Gasteiger partial charge >= 0.3 is 5.97 Å². The molecule has 108 valence electrons. The maximum absolute atomic E-state index is 12.0. The highest BCUT2D eigenvalue weighted by Gasteiger charge is 2.47. The Balaban J connectivity index is 2.41. The van der Waals surface area contributed by atoms with Gasteiger partial charge in [0.05, 0.1) is 18.1 Å². The number of carbonyl (C=O) groups is 2. The summed E-state index contributed by atoms with van der Waals surface area (Å²) in [6.07, 6.45) is 2.76. The van der Waals surface area contributed by atoms with E-state index in [0.717, 1.165) is 18.4 Å². The van der Waals surface area contributed by atoms with Gasteiger partial charge in [0.25, 0.3) is 0 Å². The minimum absolute atomic E-state index is 0.0125. The molecule has 0 amide bonds. The van der Waals surface area contributed by atoms with Crippen LogP contribution in [0.2, 0.25) is 0 Å². The van der Waals surface area contributed by atoms with E-state index in [-0.39, 0.29) is 23.2 Å². The average molecular weight is 276 g/mol. The van der Waals surface area contributed by atoms with Crippen LogP contribution in [-0.4, -0.2) is 24.5 Å². The second-order valence-corrected chi connectivity index (χ2v) is 5.96. The Morgan fingerprint density at radius 3 is 2.55 bits per heavy atom. The summed E-state index contributed by atoms with van der Waals surface area (Å²) in [4.78, 5) is 22.8. The lowest BCUT2D eigenvalue weighted by molar-refractivity contribution is -0.152. The molecule has 0 bridgehead atoms. The number of hydrogen-bond acceptors (Lipinski definition) is 4. The van der Waals surface area contributed by atoms with Gasteiger partial charge in [-0.25, -0.2) is 0 Å². The molecule has 0 aliphatic heterocycles. The van der Waals surface area contributed by atoms with Crippen LogP contribution in [0.1, 0.15) is 48.5 Å². The highest BCUT2D eigenvalue weighted by Crippen LogP contribution is 2.52. The van der Waals surface area contributed by atoms with E-state index in [1.807, 2.05) is 19.9 Å². The van der Waals surface area contributed by atoms with Crippen molar-refractivity contribution < 1.29 is 19.4 Å². The van der Waals surface area contributed by atoms with E-state index >= 15 is 0 Å². The van der Waals surface area contributed by atoms with Crippen LogP contribution < -0.4 is 0 Å². The molecule has 1 saturated carbocycles. The zero-order valence-electron chi connectivity index (χ0n) is 12.1. The summed E-state index contributed by atoms with van der Waals surface area (Å²) >= 11 is 0. The fraction of sp³-hybridized carbons (Fsp3) is 0.500. The average Bonchev–Trinajstić information content (AvgIpc) is 3.22. The molecule has 1 N–H and O–H groups in total. The molecule has 1 aliphatic rings. The maximum atomic E-state index is 12.0. The molecule has 1 unspecified atom stereocenters. The van der Waals surface area contributed by atoms with Crippen LogP contribution in [0.4, 0.5) is 0 Å². The molecule has 1 atom stereocenters. The third kappa shape index (κ3) is 2.55. The number of carbonyl (C=O) groups excluding carboxylic acids is 2. The summed E-state index contributed by atoms with van der Waals surface area (Å²) in [6, 6.07) is 5.01. The summed E-state index contributed by atoms with van der Waals surface area (Å²) < 4.78 is 4.91. The van der Waals surface area contributed by atoms with Crippen molar-refractivity contribution in [2.24, 2.45) is 11.3 Å². The fourth-order valence-corrected chi connectivity index (χ4v) is 2.95. The highest BCUT2D eigenvalue weighted by molar-refractivity contribution is 5.80. The molecule has 1 fully saturated rings. The minimum atomic E-state index is -0.662. The zero-order valence-corrected chi connectivity index (χ0v) is 12.1. The van der Waals surface area contributed by atoms with Crippen molar-refractivity contribution in [1.82, 2.24) is 0 Å². The van der Waals surface area contributed by atoms with Crippen LogP contribution >= 0.6 is 0 Å². The molecule has 0 aromatic heterocycles. The van der Waals surface area contributed by atoms with Crippen LogP contribution in [0.3, 0.4) is 0 Å². The summed E-state index contributed by atoms with van der Waals surface area (Å²) in [6.45, 7) is 3.74. The zero-order chi connectivity index (χ0) is 14.9. The van der Waals surface area contributed by atoms with Crippen molar-refractivity contribution >= 4 is 12.3 Å². The SMILES string of the molecule is COC(=O)C(C)(C)C(c1ccc(C=O)c(O)c1)C1CC1. The van der Waals surface area contributed by atoms with Gasteiger partial charge in [-0.2, -0.15) is 0 Å². The van der Waals surface area contributed by atoms with Crippen LogP contribution in [0, 0.1) is 11.3 Å². The molecular weight excluding hydrogens is 256 g/mol. The smallest absolute Gasteiger partial charge is 0.311 e. The number of aldehydes is 1. The quantitative estimate of drug-likeness (QED) is 0.663. The van der Waals surface area contributed by atoms with Crippen molar-refractivity contribution in [2.75, 3.05) is 7.11 Å². The number of aromatic hydroxyl groups is 1. The van der Waals surface area contributed by atoms with Gasteiger partial charge in [-0.3, -0.25) is 9.59 Å². The number of phenolic OH excluding ortho intramolecular Hbond substituents is 1.